The SMILES string of the molecule is O=C(C1CC(F)(F)C1)N1CC2(CC(Oc3ncccn3)CCO2)C1. The molecule has 1 aliphatic carbocycles. The van der Waals surface area contributed by atoms with Gasteiger partial charge in [-0.3, -0.25) is 4.79 Å². The van der Waals surface area contributed by atoms with Gasteiger partial charge in [0.2, 0.25) is 11.8 Å². The maximum atomic E-state index is 12.9. The van der Waals surface area contributed by atoms with E-state index in [9.17, 15) is 13.6 Å². The molecule has 3 heterocycles. The van der Waals surface area contributed by atoms with Gasteiger partial charge in [0.25, 0.3) is 0 Å². The number of aromatic nitrogens is 2. The number of halogens is 2. The third-order valence-electron chi connectivity index (χ3n) is 4.97. The maximum Gasteiger partial charge on any atom is 0.316 e. The van der Waals surface area contributed by atoms with Crippen molar-refractivity contribution in [2.24, 2.45) is 5.92 Å². The van der Waals surface area contributed by atoms with Crippen molar-refractivity contribution < 1.29 is 23.0 Å². The number of amides is 1. The van der Waals surface area contributed by atoms with Crippen LogP contribution in [0.15, 0.2) is 18.5 Å². The number of likely N-dealkylation sites (tertiary alicyclic amines) is 1. The molecule has 2 saturated heterocycles. The van der Waals surface area contributed by atoms with Crippen molar-refractivity contribution in [3.63, 3.8) is 0 Å². The minimum absolute atomic E-state index is 0.0635. The van der Waals surface area contributed by atoms with Crippen LogP contribution in [-0.2, 0) is 9.53 Å². The summed E-state index contributed by atoms with van der Waals surface area (Å²) in [5, 5.41) is 0. The number of hydrogen-bond acceptors (Lipinski definition) is 5. The van der Waals surface area contributed by atoms with Crippen molar-refractivity contribution in [2.75, 3.05) is 19.7 Å². The lowest BCUT2D eigenvalue weighted by molar-refractivity contribution is -0.204. The topological polar surface area (TPSA) is 64.6 Å². The Balaban J connectivity index is 1.30. The number of rotatable bonds is 3. The fourth-order valence-electron chi connectivity index (χ4n) is 3.70. The van der Waals surface area contributed by atoms with Crippen molar-refractivity contribution in [3.05, 3.63) is 18.5 Å². The highest BCUT2D eigenvalue weighted by Gasteiger charge is 2.55. The minimum Gasteiger partial charge on any atom is -0.460 e. The van der Waals surface area contributed by atoms with Gasteiger partial charge < -0.3 is 14.4 Å². The summed E-state index contributed by atoms with van der Waals surface area (Å²) < 4.78 is 37.5. The van der Waals surface area contributed by atoms with Gasteiger partial charge in [-0.1, -0.05) is 0 Å². The number of carbonyl (C=O) groups is 1. The minimum atomic E-state index is -2.67. The van der Waals surface area contributed by atoms with Crippen molar-refractivity contribution in [3.8, 4) is 6.01 Å². The number of hydrogen-bond donors (Lipinski definition) is 0. The molecule has 0 bridgehead atoms. The van der Waals surface area contributed by atoms with Crippen molar-refractivity contribution in [1.29, 1.82) is 0 Å². The van der Waals surface area contributed by atoms with E-state index in [0.29, 0.717) is 32.1 Å². The molecule has 3 aliphatic rings. The molecule has 1 amide bonds. The highest BCUT2D eigenvalue weighted by Crippen LogP contribution is 2.45. The molecule has 1 aromatic rings. The average molecular weight is 339 g/mol. The first-order valence-electron chi connectivity index (χ1n) is 8.19. The van der Waals surface area contributed by atoms with Crippen LogP contribution >= 0.6 is 0 Å². The highest BCUT2D eigenvalue weighted by molar-refractivity contribution is 5.81. The van der Waals surface area contributed by atoms with E-state index in [1.807, 2.05) is 0 Å². The summed E-state index contributed by atoms with van der Waals surface area (Å²) in [6.07, 6.45) is 3.91. The monoisotopic (exact) mass is 339 g/mol. The van der Waals surface area contributed by atoms with Crippen LogP contribution in [-0.4, -0.2) is 58.1 Å². The van der Waals surface area contributed by atoms with Crippen LogP contribution in [0.2, 0.25) is 0 Å². The summed E-state index contributed by atoms with van der Waals surface area (Å²) in [6, 6.07) is 2.06. The molecule has 4 rings (SSSR count). The summed E-state index contributed by atoms with van der Waals surface area (Å²) in [5.41, 5.74) is -0.417. The molecule has 130 valence electrons. The third-order valence-corrected chi connectivity index (χ3v) is 4.97. The van der Waals surface area contributed by atoms with Gasteiger partial charge in [0.05, 0.1) is 19.7 Å². The van der Waals surface area contributed by atoms with Gasteiger partial charge >= 0.3 is 6.01 Å². The Bertz CT molecular complexity index is 614. The summed E-state index contributed by atoms with van der Waals surface area (Å²) in [5.74, 6) is -3.38. The maximum absolute atomic E-state index is 12.9. The van der Waals surface area contributed by atoms with Crippen LogP contribution in [0.5, 0.6) is 6.01 Å². The first kappa shape index (κ1) is 15.7. The molecule has 24 heavy (non-hydrogen) atoms. The van der Waals surface area contributed by atoms with Gasteiger partial charge in [-0.15, -0.1) is 0 Å². The molecule has 0 N–H and O–H groups in total. The summed E-state index contributed by atoms with van der Waals surface area (Å²) in [7, 11) is 0. The predicted octanol–water partition coefficient (Wildman–Crippen LogP) is 1.66. The first-order chi connectivity index (χ1) is 11.4. The molecule has 0 radical (unpaired) electrons. The number of alkyl halides is 2. The average Bonchev–Trinajstić information content (AvgIpc) is 2.51. The Labute approximate surface area is 138 Å². The molecule has 8 heteroatoms. The second-order valence-corrected chi connectivity index (χ2v) is 6.95. The van der Waals surface area contributed by atoms with E-state index in [4.69, 9.17) is 9.47 Å². The fraction of sp³-hybridized carbons (Fsp3) is 0.688. The quantitative estimate of drug-likeness (QED) is 0.838. The number of nitrogens with zero attached hydrogens (tertiary/aromatic N) is 3. The lowest BCUT2D eigenvalue weighted by atomic mass is 9.77. The first-order valence-corrected chi connectivity index (χ1v) is 8.19. The molecular formula is C16H19F2N3O3. The van der Waals surface area contributed by atoms with Crippen molar-refractivity contribution in [2.45, 2.75) is 43.3 Å². The molecule has 1 aromatic heterocycles. The van der Waals surface area contributed by atoms with Gasteiger partial charge in [0.15, 0.2) is 0 Å². The molecular weight excluding hydrogens is 320 g/mol. The van der Waals surface area contributed by atoms with Gasteiger partial charge in [-0.2, -0.15) is 0 Å². The zero-order valence-corrected chi connectivity index (χ0v) is 13.2. The zero-order chi connectivity index (χ0) is 16.8. The largest absolute Gasteiger partial charge is 0.460 e. The van der Waals surface area contributed by atoms with E-state index >= 15 is 0 Å². The summed E-state index contributed by atoms with van der Waals surface area (Å²) >= 11 is 0. The molecule has 6 nitrogen and oxygen atoms in total. The van der Waals surface area contributed by atoms with E-state index < -0.39 is 17.4 Å². The molecule has 1 saturated carbocycles. The highest BCUT2D eigenvalue weighted by atomic mass is 19.3. The Morgan fingerprint density at radius 1 is 1.25 bits per heavy atom. The lowest BCUT2D eigenvalue weighted by Crippen LogP contribution is -2.69. The van der Waals surface area contributed by atoms with Crippen molar-refractivity contribution in [1.82, 2.24) is 14.9 Å². The van der Waals surface area contributed by atoms with Crippen LogP contribution in [0.25, 0.3) is 0 Å². The van der Waals surface area contributed by atoms with Crippen LogP contribution in [0, 0.1) is 5.92 Å². The molecule has 1 atom stereocenters. The van der Waals surface area contributed by atoms with Crippen LogP contribution in [0.3, 0.4) is 0 Å². The number of ether oxygens (including phenoxy) is 2. The third kappa shape index (κ3) is 2.94. The fourth-order valence-corrected chi connectivity index (χ4v) is 3.70. The summed E-state index contributed by atoms with van der Waals surface area (Å²) in [6.45, 7) is 1.44. The molecule has 0 aromatic carbocycles. The van der Waals surface area contributed by atoms with Crippen LogP contribution in [0.4, 0.5) is 8.78 Å². The second kappa shape index (κ2) is 5.61. The van der Waals surface area contributed by atoms with E-state index in [-0.39, 0.29) is 24.9 Å². The smallest absolute Gasteiger partial charge is 0.316 e. The van der Waals surface area contributed by atoms with E-state index in [1.54, 1.807) is 23.4 Å². The van der Waals surface area contributed by atoms with Gasteiger partial charge in [-0.25, -0.2) is 18.7 Å². The van der Waals surface area contributed by atoms with Gasteiger partial charge in [-0.05, 0) is 6.07 Å². The normalized spacial score (nSPS) is 28.1. The predicted molar refractivity (Wildman–Crippen MR) is 78.6 cm³/mol. The number of carbonyl (C=O) groups excluding carboxylic acids is 1. The molecule has 3 fully saturated rings. The van der Waals surface area contributed by atoms with E-state index in [0.717, 1.165) is 6.42 Å². The zero-order valence-electron chi connectivity index (χ0n) is 13.2. The molecule has 2 aliphatic heterocycles. The van der Waals surface area contributed by atoms with Crippen molar-refractivity contribution >= 4 is 5.91 Å². The Morgan fingerprint density at radius 2 is 1.96 bits per heavy atom. The molecule has 1 unspecified atom stereocenters. The van der Waals surface area contributed by atoms with Crippen LogP contribution < -0.4 is 4.74 Å². The summed E-state index contributed by atoms with van der Waals surface area (Å²) in [4.78, 5) is 21.9. The van der Waals surface area contributed by atoms with E-state index in [2.05, 4.69) is 9.97 Å². The van der Waals surface area contributed by atoms with Gasteiger partial charge in [0.1, 0.15) is 11.7 Å². The standard InChI is InChI=1S/C16H19F2N3O3/c17-16(18)6-11(7-16)13(22)21-9-15(10-21)8-12(2-5-23-15)24-14-19-3-1-4-20-14/h1,3-4,11-12H,2,5-10H2. The Kier molecular flexibility index (Phi) is 3.67. The molecule has 1 spiro atoms. The Hall–Kier alpha value is -1.83. The Morgan fingerprint density at radius 3 is 2.62 bits per heavy atom. The van der Waals surface area contributed by atoms with Crippen LogP contribution in [0.1, 0.15) is 25.7 Å². The van der Waals surface area contributed by atoms with Gasteiger partial charge in [0, 0.05) is 44.0 Å². The second-order valence-electron chi connectivity index (χ2n) is 6.95. The lowest BCUT2D eigenvalue weighted by Gasteiger charge is -2.54. The van der Waals surface area contributed by atoms with E-state index in [1.165, 1.54) is 0 Å².